The van der Waals surface area contributed by atoms with Crippen molar-refractivity contribution in [1.29, 1.82) is 0 Å². The van der Waals surface area contributed by atoms with Crippen LogP contribution in [0.1, 0.15) is 77.7 Å². The van der Waals surface area contributed by atoms with Crippen LogP contribution in [-0.4, -0.2) is 51.2 Å². The van der Waals surface area contributed by atoms with Crippen LogP contribution in [0.4, 0.5) is 23.7 Å². The maximum atomic E-state index is 14.3. The summed E-state index contributed by atoms with van der Waals surface area (Å²) in [5, 5.41) is 3.10. The first-order chi connectivity index (χ1) is 20.1. The zero-order valence-electron chi connectivity index (χ0n) is 27.4. The van der Waals surface area contributed by atoms with Gasteiger partial charge in [0.1, 0.15) is 5.60 Å². The summed E-state index contributed by atoms with van der Waals surface area (Å²) in [6, 6.07) is 10.8. The fourth-order valence-corrected chi connectivity index (χ4v) is 5.64. The summed E-state index contributed by atoms with van der Waals surface area (Å²) >= 11 is 6.37. The quantitative estimate of drug-likeness (QED) is 0.136. The van der Waals surface area contributed by atoms with Crippen LogP contribution in [0.3, 0.4) is 0 Å². The summed E-state index contributed by atoms with van der Waals surface area (Å²) < 4.78 is 60.1. The lowest BCUT2D eigenvalue weighted by atomic mass is 10.0. The van der Waals surface area contributed by atoms with Crippen LogP contribution in [-0.2, 0) is 31.3 Å². The van der Waals surface area contributed by atoms with E-state index in [0.29, 0.717) is 11.4 Å². The van der Waals surface area contributed by atoms with Gasteiger partial charge in [0.15, 0.2) is 8.32 Å². The van der Waals surface area contributed by atoms with Crippen LogP contribution in [0.15, 0.2) is 42.5 Å². The molecule has 2 aromatic rings. The van der Waals surface area contributed by atoms with E-state index < -0.39 is 50.2 Å². The van der Waals surface area contributed by atoms with Crippen molar-refractivity contribution in [2.75, 3.05) is 25.2 Å². The molecule has 0 saturated heterocycles. The number of rotatable bonds is 11. The molecule has 0 spiro atoms. The number of halogens is 4. The summed E-state index contributed by atoms with van der Waals surface area (Å²) in [4.78, 5) is 25.8. The zero-order valence-corrected chi connectivity index (χ0v) is 29.2. The number of benzene rings is 2. The summed E-state index contributed by atoms with van der Waals surface area (Å²) in [6.07, 6.45) is -6.24. The van der Waals surface area contributed by atoms with Gasteiger partial charge in [-0.05, 0) is 80.7 Å². The number of alkyl halides is 3. The molecule has 246 valence electrons. The Balaban J connectivity index is 2.76. The number of carbonyl (C=O) groups is 2. The fraction of sp³-hybridized carbons (Fsp3) is 0.562. The molecule has 0 fully saturated rings. The Bertz CT molecular complexity index is 1290. The highest BCUT2D eigenvalue weighted by molar-refractivity contribution is 6.74. The van der Waals surface area contributed by atoms with Crippen LogP contribution in [0.5, 0.6) is 0 Å². The Kier molecular flexibility index (Phi) is 12.4. The summed E-state index contributed by atoms with van der Waals surface area (Å²) in [5.74, 6) is -0.795. The molecule has 12 heteroatoms. The van der Waals surface area contributed by atoms with E-state index in [0.717, 1.165) is 18.7 Å². The van der Waals surface area contributed by atoms with E-state index in [2.05, 4.69) is 38.6 Å². The minimum Gasteiger partial charge on any atom is -0.469 e. The number of esters is 1. The van der Waals surface area contributed by atoms with Crippen molar-refractivity contribution in [3.8, 4) is 0 Å². The van der Waals surface area contributed by atoms with Crippen molar-refractivity contribution in [2.24, 2.45) is 0 Å². The number of hydrogen-bond donors (Lipinski definition) is 0. The second-order valence-corrected chi connectivity index (χ2v) is 18.4. The van der Waals surface area contributed by atoms with E-state index in [-0.39, 0.29) is 29.4 Å². The second-order valence-electron chi connectivity index (χ2n) is 13.2. The number of methoxy groups -OCH3 is 1. The highest BCUT2D eigenvalue weighted by Gasteiger charge is 2.41. The average Bonchev–Trinajstić information content (AvgIpc) is 2.87. The Labute approximate surface area is 265 Å². The molecule has 2 rings (SSSR count). The third-order valence-electron chi connectivity index (χ3n) is 7.39. The molecular weight excluding hydrogens is 613 g/mol. The summed E-state index contributed by atoms with van der Waals surface area (Å²) in [7, 11) is -1.32. The van der Waals surface area contributed by atoms with Crippen molar-refractivity contribution in [3.63, 3.8) is 0 Å². The van der Waals surface area contributed by atoms with Crippen LogP contribution < -0.4 is 5.01 Å². The fourth-order valence-electron chi connectivity index (χ4n) is 4.17. The standard InChI is InChI=1S/C32H46ClF3N2O5Si/c1-11-17-37(25-16-15-22(19-28(39)41-8)26(20-25)32(34,35)36)38(29(40)42-30(2,3)4)21-27(23-13-12-14-24(33)18-23)43-44(9,10)31(5,6)7/h12-16,18,20,27H,11,17,19,21H2,1-10H3/t27-/m0/s1. The molecule has 0 N–H and O–H groups in total. The number of amides is 1. The number of carbonyl (C=O) groups excluding carboxylic acids is 2. The Morgan fingerprint density at radius 3 is 2.14 bits per heavy atom. The van der Waals surface area contributed by atoms with Gasteiger partial charge in [0.05, 0.1) is 37.4 Å². The van der Waals surface area contributed by atoms with Gasteiger partial charge < -0.3 is 13.9 Å². The first kappa shape index (κ1) is 37.4. The molecule has 0 aliphatic heterocycles. The molecule has 0 radical (unpaired) electrons. The molecule has 2 aromatic carbocycles. The zero-order chi connectivity index (χ0) is 33.7. The van der Waals surface area contributed by atoms with Crippen LogP contribution in [0, 0.1) is 0 Å². The van der Waals surface area contributed by atoms with Crippen molar-refractivity contribution in [2.45, 2.75) is 97.3 Å². The molecule has 0 aliphatic carbocycles. The maximum absolute atomic E-state index is 14.3. The van der Waals surface area contributed by atoms with Gasteiger partial charge in [0, 0.05) is 11.6 Å². The minimum absolute atomic E-state index is 0.0625. The Hall–Kier alpha value is -2.76. The third-order valence-corrected chi connectivity index (χ3v) is 12.1. The molecular formula is C32H46ClF3N2O5Si. The molecule has 7 nitrogen and oxygen atoms in total. The highest BCUT2D eigenvalue weighted by Crippen LogP contribution is 2.41. The number of hydrogen-bond acceptors (Lipinski definition) is 6. The summed E-state index contributed by atoms with van der Waals surface area (Å²) in [6.45, 7) is 17.6. The third kappa shape index (κ3) is 10.4. The molecule has 1 atom stereocenters. The molecule has 0 unspecified atom stereocenters. The molecule has 1 amide bonds. The topological polar surface area (TPSA) is 68.3 Å². The molecule has 0 saturated carbocycles. The van der Waals surface area contributed by atoms with Gasteiger partial charge in [-0.3, -0.25) is 9.80 Å². The number of hydrazine groups is 1. The lowest BCUT2D eigenvalue weighted by Gasteiger charge is -2.43. The predicted molar refractivity (Wildman–Crippen MR) is 170 cm³/mol. The SMILES string of the molecule is CCCN(c1ccc(CC(=O)OC)c(C(F)(F)F)c1)N(C[C@H](O[Si](C)(C)C(C)(C)C)c1cccc(Cl)c1)C(=O)OC(C)(C)C. The molecule has 0 aliphatic rings. The van der Waals surface area contributed by atoms with Gasteiger partial charge in [0.2, 0.25) is 0 Å². The van der Waals surface area contributed by atoms with Gasteiger partial charge in [0.25, 0.3) is 0 Å². The highest BCUT2D eigenvalue weighted by atomic mass is 35.5. The van der Waals surface area contributed by atoms with Gasteiger partial charge in [-0.2, -0.15) is 13.2 Å². The Morgan fingerprint density at radius 1 is 1.00 bits per heavy atom. The molecule has 0 aromatic heterocycles. The van der Waals surface area contributed by atoms with E-state index >= 15 is 0 Å². The lowest BCUT2D eigenvalue weighted by molar-refractivity contribution is -0.141. The smallest absolute Gasteiger partial charge is 0.429 e. The van der Waals surface area contributed by atoms with Crippen molar-refractivity contribution >= 4 is 37.7 Å². The molecule has 0 bridgehead atoms. The van der Waals surface area contributed by atoms with Crippen LogP contribution >= 0.6 is 11.6 Å². The van der Waals surface area contributed by atoms with E-state index in [1.165, 1.54) is 22.2 Å². The van der Waals surface area contributed by atoms with Crippen LogP contribution in [0.2, 0.25) is 23.2 Å². The average molecular weight is 659 g/mol. The maximum Gasteiger partial charge on any atom is 0.429 e. The second kappa shape index (κ2) is 14.6. The Morgan fingerprint density at radius 2 is 1.64 bits per heavy atom. The lowest BCUT2D eigenvalue weighted by Crippen LogP contribution is -2.52. The summed E-state index contributed by atoms with van der Waals surface area (Å²) in [5.41, 5.74) is -1.28. The minimum atomic E-state index is -4.76. The van der Waals surface area contributed by atoms with E-state index in [1.54, 1.807) is 39.0 Å². The van der Waals surface area contributed by atoms with Crippen molar-refractivity contribution < 1.29 is 36.7 Å². The van der Waals surface area contributed by atoms with Gasteiger partial charge in [-0.15, -0.1) is 0 Å². The van der Waals surface area contributed by atoms with Gasteiger partial charge in [-0.1, -0.05) is 57.5 Å². The number of ether oxygens (including phenoxy) is 2. The van der Waals surface area contributed by atoms with Gasteiger partial charge in [-0.25, -0.2) is 9.80 Å². The monoisotopic (exact) mass is 658 g/mol. The number of nitrogens with zero attached hydrogens (tertiary/aromatic N) is 2. The van der Waals surface area contributed by atoms with E-state index in [4.69, 9.17) is 20.8 Å². The van der Waals surface area contributed by atoms with Crippen molar-refractivity contribution in [3.05, 3.63) is 64.2 Å². The van der Waals surface area contributed by atoms with E-state index in [1.807, 2.05) is 13.0 Å². The van der Waals surface area contributed by atoms with Gasteiger partial charge >= 0.3 is 18.2 Å². The number of anilines is 1. The molecule has 0 heterocycles. The first-order valence-corrected chi connectivity index (χ1v) is 17.9. The van der Waals surface area contributed by atoms with E-state index in [9.17, 15) is 22.8 Å². The predicted octanol–water partition coefficient (Wildman–Crippen LogP) is 9.21. The van der Waals surface area contributed by atoms with Crippen molar-refractivity contribution in [1.82, 2.24) is 5.01 Å². The largest absolute Gasteiger partial charge is 0.469 e. The first-order valence-electron chi connectivity index (χ1n) is 14.6. The molecule has 44 heavy (non-hydrogen) atoms. The normalized spacial score (nSPS) is 13.3. The van der Waals surface area contributed by atoms with Crippen LogP contribution in [0.25, 0.3) is 0 Å².